The van der Waals surface area contributed by atoms with E-state index in [0.29, 0.717) is 13.2 Å². The van der Waals surface area contributed by atoms with Gasteiger partial charge in [-0.05, 0) is 0 Å². The molecule has 0 bridgehead atoms. The first-order valence-corrected chi connectivity index (χ1v) is 5.45. The molecule has 0 amide bonds. The van der Waals surface area contributed by atoms with E-state index < -0.39 is 0 Å². The molecule has 1 aromatic rings. The van der Waals surface area contributed by atoms with Crippen LogP contribution in [-0.4, -0.2) is 48.4 Å². The number of methoxy groups -OCH3 is 1. The minimum Gasteiger partial charge on any atom is -0.395 e. The summed E-state index contributed by atoms with van der Waals surface area (Å²) in [6.45, 7) is 3.15. The van der Waals surface area contributed by atoms with Crippen LogP contribution in [0.15, 0.2) is 11.6 Å². The fraction of sp³-hybridized carbons (Fsp3) is 0.667. The molecule has 1 N–H and O–H groups in total. The molecule has 1 rings (SSSR count). The average molecular weight is 216 g/mol. The van der Waals surface area contributed by atoms with Gasteiger partial charge in [-0.15, -0.1) is 11.3 Å². The molecule has 0 aliphatic heterocycles. The van der Waals surface area contributed by atoms with Crippen LogP contribution in [0.1, 0.15) is 5.01 Å². The monoisotopic (exact) mass is 216 g/mol. The van der Waals surface area contributed by atoms with E-state index in [1.165, 1.54) is 0 Å². The highest BCUT2D eigenvalue weighted by Gasteiger charge is 2.06. The Labute approximate surface area is 88.1 Å². The van der Waals surface area contributed by atoms with Gasteiger partial charge in [0.2, 0.25) is 0 Å². The van der Waals surface area contributed by atoms with E-state index in [2.05, 4.69) is 9.88 Å². The maximum absolute atomic E-state index is 8.87. The maximum Gasteiger partial charge on any atom is 0.107 e. The molecule has 80 valence electrons. The third-order valence-corrected chi connectivity index (χ3v) is 2.63. The highest BCUT2D eigenvalue weighted by atomic mass is 32.1. The van der Waals surface area contributed by atoms with Gasteiger partial charge in [0.15, 0.2) is 0 Å². The van der Waals surface area contributed by atoms with E-state index in [0.717, 1.165) is 18.1 Å². The molecule has 0 aromatic carbocycles. The highest BCUT2D eigenvalue weighted by Crippen LogP contribution is 2.07. The molecule has 0 radical (unpaired) electrons. The smallest absolute Gasteiger partial charge is 0.107 e. The summed E-state index contributed by atoms with van der Waals surface area (Å²) in [5.74, 6) is 0. The number of hydrogen-bond donors (Lipinski definition) is 1. The predicted molar refractivity (Wildman–Crippen MR) is 56.4 cm³/mol. The molecule has 5 heteroatoms. The van der Waals surface area contributed by atoms with Gasteiger partial charge < -0.3 is 9.84 Å². The number of ether oxygens (including phenoxy) is 1. The molecule has 4 nitrogen and oxygen atoms in total. The molecule has 0 fully saturated rings. The second kappa shape index (κ2) is 6.89. The molecular weight excluding hydrogens is 200 g/mol. The average Bonchev–Trinajstić information content (AvgIpc) is 2.67. The Morgan fingerprint density at radius 3 is 3.00 bits per heavy atom. The van der Waals surface area contributed by atoms with Crippen molar-refractivity contribution in [2.45, 2.75) is 6.54 Å². The van der Waals surface area contributed by atoms with Crippen LogP contribution in [0.3, 0.4) is 0 Å². The minimum atomic E-state index is 0.176. The van der Waals surface area contributed by atoms with E-state index in [9.17, 15) is 0 Å². The molecular formula is C9H16N2O2S. The lowest BCUT2D eigenvalue weighted by Crippen LogP contribution is -2.29. The quantitative estimate of drug-likeness (QED) is 0.724. The van der Waals surface area contributed by atoms with Crippen molar-refractivity contribution >= 4 is 11.3 Å². The Morgan fingerprint density at radius 2 is 2.43 bits per heavy atom. The van der Waals surface area contributed by atoms with E-state index in [1.807, 2.05) is 5.38 Å². The molecule has 0 saturated heterocycles. The largest absolute Gasteiger partial charge is 0.395 e. The van der Waals surface area contributed by atoms with Gasteiger partial charge in [-0.1, -0.05) is 0 Å². The summed E-state index contributed by atoms with van der Waals surface area (Å²) in [7, 11) is 1.68. The molecule has 1 aromatic heterocycles. The van der Waals surface area contributed by atoms with Gasteiger partial charge in [0.25, 0.3) is 0 Å². The Morgan fingerprint density at radius 1 is 1.57 bits per heavy atom. The van der Waals surface area contributed by atoms with E-state index in [4.69, 9.17) is 9.84 Å². The van der Waals surface area contributed by atoms with Gasteiger partial charge in [0.05, 0.1) is 19.8 Å². The number of nitrogens with zero attached hydrogens (tertiary/aromatic N) is 2. The zero-order valence-electron chi connectivity index (χ0n) is 8.35. The molecule has 0 spiro atoms. The third-order valence-electron chi connectivity index (χ3n) is 1.87. The van der Waals surface area contributed by atoms with E-state index >= 15 is 0 Å². The van der Waals surface area contributed by atoms with Gasteiger partial charge in [-0.3, -0.25) is 4.90 Å². The molecule has 0 unspecified atom stereocenters. The van der Waals surface area contributed by atoms with Crippen LogP contribution in [0, 0.1) is 0 Å². The van der Waals surface area contributed by atoms with Crippen molar-refractivity contribution in [3.05, 3.63) is 16.6 Å². The predicted octanol–water partition coefficient (Wildman–Crippen LogP) is 0.584. The number of aliphatic hydroxyl groups excluding tert-OH is 1. The number of thiazole rings is 1. The number of aliphatic hydroxyl groups is 1. The van der Waals surface area contributed by atoms with Crippen molar-refractivity contribution in [2.24, 2.45) is 0 Å². The van der Waals surface area contributed by atoms with Crippen LogP contribution < -0.4 is 0 Å². The fourth-order valence-electron chi connectivity index (χ4n) is 1.15. The highest BCUT2D eigenvalue weighted by molar-refractivity contribution is 7.09. The first-order chi connectivity index (χ1) is 6.86. The summed E-state index contributed by atoms with van der Waals surface area (Å²) in [6, 6.07) is 0. The van der Waals surface area contributed by atoms with E-state index in [-0.39, 0.29) is 6.61 Å². The Balaban J connectivity index is 2.34. The normalized spacial score (nSPS) is 11.1. The summed E-state index contributed by atoms with van der Waals surface area (Å²) < 4.78 is 5.00. The number of aromatic nitrogens is 1. The third kappa shape index (κ3) is 4.15. The van der Waals surface area contributed by atoms with Crippen LogP contribution in [0.5, 0.6) is 0 Å². The molecule has 0 aliphatic carbocycles. The SMILES string of the molecule is COCCN(CCO)Cc1nccs1. The van der Waals surface area contributed by atoms with Crippen molar-refractivity contribution in [1.29, 1.82) is 0 Å². The van der Waals surface area contributed by atoms with Crippen molar-refractivity contribution in [3.63, 3.8) is 0 Å². The van der Waals surface area contributed by atoms with Crippen LogP contribution in [-0.2, 0) is 11.3 Å². The van der Waals surface area contributed by atoms with Crippen LogP contribution in [0.25, 0.3) is 0 Å². The van der Waals surface area contributed by atoms with E-state index in [1.54, 1.807) is 24.6 Å². The molecule has 0 aliphatic rings. The Bertz CT molecular complexity index is 229. The lowest BCUT2D eigenvalue weighted by Gasteiger charge is -2.19. The topological polar surface area (TPSA) is 45.6 Å². The Hall–Kier alpha value is -0.490. The number of hydrogen-bond acceptors (Lipinski definition) is 5. The maximum atomic E-state index is 8.87. The summed E-state index contributed by atoms with van der Waals surface area (Å²) >= 11 is 1.64. The molecule has 1 heterocycles. The van der Waals surface area contributed by atoms with Crippen LogP contribution in [0.4, 0.5) is 0 Å². The zero-order chi connectivity index (χ0) is 10.2. The summed E-state index contributed by atoms with van der Waals surface area (Å²) in [5, 5.41) is 11.9. The lowest BCUT2D eigenvalue weighted by molar-refractivity contribution is 0.127. The van der Waals surface area contributed by atoms with Gasteiger partial charge in [-0.25, -0.2) is 4.98 Å². The second-order valence-electron chi connectivity index (χ2n) is 2.92. The van der Waals surface area contributed by atoms with Crippen molar-refractivity contribution in [1.82, 2.24) is 9.88 Å². The van der Waals surface area contributed by atoms with Crippen LogP contribution in [0.2, 0.25) is 0 Å². The number of rotatable bonds is 7. The van der Waals surface area contributed by atoms with Gasteiger partial charge in [0.1, 0.15) is 5.01 Å². The summed E-state index contributed by atoms with van der Waals surface area (Å²) in [6.07, 6.45) is 1.80. The Kier molecular flexibility index (Phi) is 5.70. The first-order valence-electron chi connectivity index (χ1n) is 4.57. The standard InChI is InChI=1S/C9H16N2O2S/c1-13-6-4-11(3-5-12)8-9-10-2-7-14-9/h2,7,12H,3-6,8H2,1H3. The van der Waals surface area contributed by atoms with Crippen molar-refractivity contribution < 1.29 is 9.84 Å². The molecule has 14 heavy (non-hydrogen) atoms. The first kappa shape index (κ1) is 11.6. The van der Waals surface area contributed by atoms with Gasteiger partial charge >= 0.3 is 0 Å². The van der Waals surface area contributed by atoms with Crippen molar-refractivity contribution in [2.75, 3.05) is 33.4 Å². The van der Waals surface area contributed by atoms with Gasteiger partial charge in [0, 0.05) is 31.8 Å². The summed E-state index contributed by atoms with van der Waals surface area (Å²) in [4.78, 5) is 6.33. The zero-order valence-corrected chi connectivity index (χ0v) is 9.16. The lowest BCUT2D eigenvalue weighted by atomic mass is 10.4. The molecule has 0 saturated carbocycles. The van der Waals surface area contributed by atoms with Crippen LogP contribution >= 0.6 is 11.3 Å². The minimum absolute atomic E-state index is 0.176. The van der Waals surface area contributed by atoms with Gasteiger partial charge in [-0.2, -0.15) is 0 Å². The molecule has 0 atom stereocenters. The summed E-state index contributed by atoms with van der Waals surface area (Å²) in [5.41, 5.74) is 0. The second-order valence-corrected chi connectivity index (χ2v) is 3.90. The fourth-order valence-corrected chi connectivity index (χ4v) is 1.81. The van der Waals surface area contributed by atoms with Crippen molar-refractivity contribution in [3.8, 4) is 0 Å².